The maximum atomic E-state index is 5.80. The molecule has 1 N–H and O–H groups in total. The molecular formula is C17H27NO. The lowest BCUT2D eigenvalue weighted by Crippen LogP contribution is -2.35. The zero-order valence-corrected chi connectivity index (χ0v) is 12.7. The van der Waals surface area contributed by atoms with Crippen LogP contribution in [0.25, 0.3) is 0 Å². The zero-order valence-electron chi connectivity index (χ0n) is 12.7. The summed E-state index contributed by atoms with van der Waals surface area (Å²) in [6.07, 6.45) is 4.10. The summed E-state index contributed by atoms with van der Waals surface area (Å²) in [4.78, 5) is 0. The predicted molar refractivity (Wildman–Crippen MR) is 80.5 cm³/mol. The largest absolute Gasteiger partial charge is 0.379 e. The SMILES string of the molecule is CCCNC(c1ccc(C)c(C)c1)C(OC)C1CC1. The summed E-state index contributed by atoms with van der Waals surface area (Å²) < 4.78 is 5.80. The molecule has 2 heteroatoms. The Morgan fingerprint density at radius 3 is 2.53 bits per heavy atom. The molecule has 1 aromatic rings. The first-order chi connectivity index (χ1) is 9.17. The van der Waals surface area contributed by atoms with E-state index < -0.39 is 0 Å². The summed E-state index contributed by atoms with van der Waals surface area (Å²) in [5.41, 5.74) is 4.10. The van der Waals surface area contributed by atoms with Crippen molar-refractivity contribution >= 4 is 0 Å². The van der Waals surface area contributed by atoms with Crippen molar-refractivity contribution in [3.8, 4) is 0 Å². The molecule has 0 spiro atoms. The van der Waals surface area contributed by atoms with Gasteiger partial charge in [-0.25, -0.2) is 0 Å². The van der Waals surface area contributed by atoms with Crippen molar-refractivity contribution in [2.45, 2.75) is 52.2 Å². The molecule has 19 heavy (non-hydrogen) atoms. The second-order valence-electron chi connectivity index (χ2n) is 5.81. The van der Waals surface area contributed by atoms with Crippen LogP contribution < -0.4 is 5.32 Å². The molecule has 2 atom stereocenters. The first-order valence-corrected chi connectivity index (χ1v) is 7.50. The minimum atomic E-state index is 0.314. The number of benzene rings is 1. The molecule has 1 saturated carbocycles. The normalized spacial score (nSPS) is 18.3. The topological polar surface area (TPSA) is 21.3 Å². The first-order valence-electron chi connectivity index (χ1n) is 7.50. The molecule has 1 fully saturated rings. The van der Waals surface area contributed by atoms with Gasteiger partial charge in [0, 0.05) is 7.11 Å². The van der Waals surface area contributed by atoms with Crippen LogP contribution in [0.15, 0.2) is 18.2 Å². The van der Waals surface area contributed by atoms with Crippen LogP contribution in [0, 0.1) is 19.8 Å². The van der Waals surface area contributed by atoms with Crippen LogP contribution in [0.3, 0.4) is 0 Å². The molecule has 0 radical (unpaired) electrons. The molecule has 2 unspecified atom stereocenters. The van der Waals surface area contributed by atoms with Crippen LogP contribution in [0.2, 0.25) is 0 Å². The summed E-state index contributed by atoms with van der Waals surface area (Å²) in [6, 6.07) is 7.13. The van der Waals surface area contributed by atoms with E-state index in [1.165, 1.54) is 29.5 Å². The Hall–Kier alpha value is -0.860. The highest BCUT2D eigenvalue weighted by Crippen LogP contribution is 2.40. The number of hydrogen-bond donors (Lipinski definition) is 1. The van der Waals surface area contributed by atoms with E-state index in [0.717, 1.165) is 18.9 Å². The van der Waals surface area contributed by atoms with E-state index in [2.05, 4.69) is 44.3 Å². The summed E-state index contributed by atoms with van der Waals surface area (Å²) in [5, 5.41) is 3.68. The second kappa shape index (κ2) is 6.53. The lowest BCUT2D eigenvalue weighted by Gasteiger charge is -2.28. The fraction of sp³-hybridized carbons (Fsp3) is 0.647. The molecule has 0 aliphatic heterocycles. The second-order valence-corrected chi connectivity index (χ2v) is 5.81. The fourth-order valence-electron chi connectivity index (χ4n) is 2.71. The van der Waals surface area contributed by atoms with Crippen molar-refractivity contribution in [3.63, 3.8) is 0 Å². The fourth-order valence-corrected chi connectivity index (χ4v) is 2.71. The van der Waals surface area contributed by atoms with Crippen LogP contribution >= 0.6 is 0 Å². The van der Waals surface area contributed by atoms with Gasteiger partial charge in [-0.2, -0.15) is 0 Å². The van der Waals surface area contributed by atoms with E-state index in [9.17, 15) is 0 Å². The molecule has 0 heterocycles. The van der Waals surface area contributed by atoms with Gasteiger partial charge in [0.1, 0.15) is 0 Å². The van der Waals surface area contributed by atoms with Crippen molar-refractivity contribution < 1.29 is 4.74 Å². The van der Waals surface area contributed by atoms with Gasteiger partial charge in [-0.05, 0) is 62.3 Å². The molecule has 1 aromatic carbocycles. The van der Waals surface area contributed by atoms with Gasteiger partial charge in [0.25, 0.3) is 0 Å². The standard InChI is InChI=1S/C17H27NO/c1-5-10-18-16(17(19-4)14-8-9-14)15-7-6-12(2)13(3)11-15/h6-7,11,14,16-18H,5,8-10H2,1-4H3. The van der Waals surface area contributed by atoms with Gasteiger partial charge >= 0.3 is 0 Å². The molecule has 0 aromatic heterocycles. The van der Waals surface area contributed by atoms with Crippen molar-refractivity contribution in [2.75, 3.05) is 13.7 Å². The third-order valence-electron chi connectivity index (χ3n) is 4.19. The average molecular weight is 261 g/mol. The molecule has 1 aliphatic carbocycles. The van der Waals surface area contributed by atoms with Crippen molar-refractivity contribution in [1.82, 2.24) is 5.32 Å². The van der Waals surface area contributed by atoms with E-state index in [1.54, 1.807) is 0 Å². The molecular weight excluding hydrogens is 234 g/mol. The maximum Gasteiger partial charge on any atom is 0.0794 e. The van der Waals surface area contributed by atoms with E-state index in [-0.39, 0.29) is 0 Å². The van der Waals surface area contributed by atoms with Crippen LogP contribution in [-0.2, 0) is 4.74 Å². The van der Waals surface area contributed by atoms with Gasteiger partial charge in [0.05, 0.1) is 12.1 Å². The predicted octanol–water partition coefficient (Wildman–Crippen LogP) is 3.77. The Kier molecular flexibility index (Phi) is 5.00. The third kappa shape index (κ3) is 3.58. The quantitative estimate of drug-likeness (QED) is 0.806. The summed E-state index contributed by atoms with van der Waals surface area (Å²) in [6.45, 7) is 7.62. The zero-order chi connectivity index (χ0) is 13.8. The van der Waals surface area contributed by atoms with Crippen LogP contribution in [0.4, 0.5) is 0 Å². The van der Waals surface area contributed by atoms with Gasteiger partial charge in [0.15, 0.2) is 0 Å². The number of aryl methyl sites for hydroxylation is 2. The number of hydrogen-bond acceptors (Lipinski definition) is 2. The van der Waals surface area contributed by atoms with Crippen molar-refractivity contribution in [3.05, 3.63) is 34.9 Å². The molecule has 106 valence electrons. The number of ether oxygens (including phenoxy) is 1. The highest BCUT2D eigenvalue weighted by Gasteiger charge is 2.37. The van der Waals surface area contributed by atoms with E-state index in [1.807, 2.05) is 7.11 Å². The summed E-state index contributed by atoms with van der Waals surface area (Å²) >= 11 is 0. The Morgan fingerprint density at radius 2 is 2.00 bits per heavy atom. The lowest BCUT2D eigenvalue weighted by atomic mass is 9.95. The monoisotopic (exact) mass is 261 g/mol. The third-order valence-corrected chi connectivity index (χ3v) is 4.19. The van der Waals surface area contributed by atoms with Crippen molar-refractivity contribution in [2.24, 2.45) is 5.92 Å². The minimum absolute atomic E-state index is 0.314. The van der Waals surface area contributed by atoms with Gasteiger partial charge in [-0.1, -0.05) is 25.1 Å². The van der Waals surface area contributed by atoms with Crippen LogP contribution in [0.1, 0.15) is 48.9 Å². The van der Waals surface area contributed by atoms with Gasteiger partial charge < -0.3 is 10.1 Å². The van der Waals surface area contributed by atoms with Gasteiger partial charge in [0.2, 0.25) is 0 Å². The Morgan fingerprint density at radius 1 is 1.26 bits per heavy atom. The Bertz CT molecular complexity index is 412. The van der Waals surface area contributed by atoms with E-state index in [4.69, 9.17) is 4.74 Å². The van der Waals surface area contributed by atoms with Crippen LogP contribution in [0.5, 0.6) is 0 Å². The lowest BCUT2D eigenvalue weighted by molar-refractivity contribution is 0.0507. The molecule has 0 amide bonds. The van der Waals surface area contributed by atoms with Gasteiger partial charge in [-0.3, -0.25) is 0 Å². The number of nitrogens with one attached hydrogen (secondary N) is 1. The molecule has 2 nitrogen and oxygen atoms in total. The molecule has 0 saturated heterocycles. The van der Waals surface area contributed by atoms with Crippen LogP contribution in [-0.4, -0.2) is 19.8 Å². The highest BCUT2D eigenvalue weighted by atomic mass is 16.5. The molecule has 1 aliphatic rings. The van der Waals surface area contributed by atoms with E-state index in [0.29, 0.717) is 12.1 Å². The first kappa shape index (κ1) is 14.5. The Balaban J connectivity index is 2.21. The maximum absolute atomic E-state index is 5.80. The van der Waals surface area contributed by atoms with Crippen molar-refractivity contribution in [1.29, 1.82) is 0 Å². The highest BCUT2D eigenvalue weighted by molar-refractivity contribution is 5.32. The smallest absolute Gasteiger partial charge is 0.0794 e. The molecule has 2 rings (SSSR count). The number of methoxy groups -OCH3 is 1. The minimum Gasteiger partial charge on any atom is -0.379 e. The van der Waals surface area contributed by atoms with E-state index >= 15 is 0 Å². The Labute approximate surface area is 117 Å². The number of rotatable bonds is 7. The molecule has 0 bridgehead atoms. The summed E-state index contributed by atoms with van der Waals surface area (Å²) in [7, 11) is 1.85. The van der Waals surface area contributed by atoms with Gasteiger partial charge in [-0.15, -0.1) is 0 Å². The summed E-state index contributed by atoms with van der Waals surface area (Å²) in [5.74, 6) is 0.737. The average Bonchev–Trinajstić information content (AvgIpc) is 3.22.